The molecule has 2 heterocycles. The van der Waals surface area contributed by atoms with E-state index in [0.29, 0.717) is 17.9 Å². The molecule has 3 amide bonds. The van der Waals surface area contributed by atoms with Gasteiger partial charge in [-0.3, -0.25) is 10.2 Å². The van der Waals surface area contributed by atoms with Crippen molar-refractivity contribution in [3.8, 4) is 5.75 Å². The molecular formula is C18H26N5O4S+. The van der Waals surface area contributed by atoms with Gasteiger partial charge in [0.15, 0.2) is 5.11 Å². The van der Waals surface area contributed by atoms with Crippen LogP contribution in [-0.4, -0.2) is 68.6 Å². The Balaban J connectivity index is 1.55. The number of hydrogen-bond acceptors (Lipinski definition) is 5. The minimum atomic E-state index is -1.18. The fourth-order valence-electron chi connectivity index (χ4n) is 3.26. The number of nitrogens with zero attached hydrogens (tertiary/aromatic N) is 1. The number of morpholine rings is 1. The zero-order valence-corrected chi connectivity index (χ0v) is 16.9. The Bertz CT molecular complexity index is 738. The molecule has 1 aromatic carbocycles. The van der Waals surface area contributed by atoms with Gasteiger partial charge in [-0.2, -0.15) is 5.01 Å². The Morgan fingerprint density at radius 2 is 2.00 bits per heavy atom. The van der Waals surface area contributed by atoms with Crippen LogP contribution in [0, 0.1) is 0 Å². The summed E-state index contributed by atoms with van der Waals surface area (Å²) in [5.41, 5.74) is 2.18. The molecular weight excluding hydrogens is 382 g/mol. The third-order valence-electron chi connectivity index (χ3n) is 5.04. The number of ether oxygens (including phenoxy) is 2. The maximum absolute atomic E-state index is 12.9. The first kappa shape index (κ1) is 20.3. The summed E-state index contributed by atoms with van der Waals surface area (Å²) in [6.45, 7) is 6.66. The van der Waals surface area contributed by atoms with Gasteiger partial charge in [-0.1, -0.05) is 12.1 Å². The first-order valence-electron chi connectivity index (χ1n) is 9.21. The van der Waals surface area contributed by atoms with Crippen LogP contribution in [0.25, 0.3) is 0 Å². The lowest BCUT2D eigenvalue weighted by Crippen LogP contribution is -3.14. The maximum Gasteiger partial charge on any atom is 0.344 e. The van der Waals surface area contributed by atoms with E-state index in [-0.39, 0.29) is 5.11 Å². The van der Waals surface area contributed by atoms with Crippen molar-refractivity contribution in [2.45, 2.75) is 12.5 Å². The smallest absolute Gasteiger partial charge is 0.344 e. The number of carbonyl (C=O) groups is 2. The van der Waals surface area contributed by atoms with Crippen LogP contribution in [0.1, 0.15) is 12.5 Å². The van der Waals surface area contributed by atoms with Gasteiger partial charge in [-0.25, -0.2) is 4.79 Å². The molecule has 9 nitrogen and oxygen atoms in total. The van der Waals surface area contributed by atoms with Crippen LogP contribution in [0.2, 0.25) is 0 Å². The predicted octanol–water partition coefficient (Wildman–Crippen LogP) is -1.24. The zero-order valence-electron chi connectivity index (χ0n) is 16.0. The predicted molar refractivity (Wildman–Crippen MR) is 106 cm³/mol. The van der Waals surface area contributed by atoms with Crippen LogP contribution in [0.15, 0.2) is 24.3 Å². The SMILES string of the molecule is COc1ccc([C@]2(C)NC(=O)N(NC(=S)NCC[NH+]3CCOCC3)C2=O)cc1. The van der Waals surface area contributed by atoms with E-state index in [2.05, 4.69) is 16.1 Å². The second-order valence-electron chi connectivity index (χ2n) is 6.90. The Kier molecular flexibility index (Phi) is 6.32. The van der Waals surface area contributed by atoms with Crippen LogP contribution in [-0.2, 0) is 15.1 Å². The van der Waals surface area contributed by atoms with Crippen LogP contribution in [0.4, 0.5) is 4.79 Å². The summed E-state index contributed by atoms with van der Waals surface area (Å²) < 4.78 is 10.5. The number of nitrogens with one attached hydrogen (secondary N) is 4. The molecule has 10 heteroatoms. The van der Waals surface area contributed by atoms with Gasteiger partial charge in [0, 0.05) is 0 Å². The van der Waals surface area contributed by atoms with E-state index < -0.39 is 17.5 Å². The third-order valence-corrected chi connectivity index (χ3v) is 5.27. The lowest BCUT2D eigenvalue weighted by Gasteiger charge is -2.24. The monoisotopic (exact) mass is 408 g/mol. The summed E-state index contributed by atoms with van der Waals surface area (Å²) in [6.07, 6.45) is 0. The number of benzene rings is 1. The average Bonchev–Trinajstić information content (AvgIpc) is 2.93. The van der Waals surface area contributed by atoms with Crippen molar-refractivity contribution in [3.63, 3.8) is 0 Å². The van der Waals surface area contributed by atoms with Gasteiger partial charge in [0.25, 0.3) is 5.91 Å². The molecule has 2 saturated heterocycles. The first-order valence-corrected chi connectivity index (χ1v) is 9.62. The van der Waals surface area contributed by atoms with E-state index in [1.165, 1.54) is 4.90 Å². The fourth-order valence-corrected chi connectivity index (χ4v) is 3.46. The van der Waals surface area contributed by atoms with Crippen LogP contribution in [0.3, 0.4) is 0 Å². The van der Waals surface area contributed by atoms with E-state index in [0.717, 1.165) is 37.9 Å². The fraction of sp³-hybridized carbons (Fsp3) is 0.500. The minimum Gasteiger partial charge on any atom is -0.497 e. The van der Waals surface area contributed by atoms with Crippen LogP contribution >= 0.6 is 12.2 Å². The van der Waals surface area contributed by atoms with Crippen molar-refractivity contribution in [1.82, 2.24) is 21.1 Å². The van der Waals surface area contributed by atoms with E-state index in [4.69, 9.17) is 21.7 Å². The number of rotatable bonds is 6. The molecule has 0 unspecified atom stereocenters. The highest BCUT2D eigenvalue weighted by atomic mass is 32.1. The summed E-state index contributed by atoms with van der Waals surface area (Å²) in [7, 11) is 1.57. The number of quaternary nitrogens is 1. The van der Waals surface area contributed by atoms with Gasteiger partial charge in [0.1, 0.15) is 24.4 Å². The Morgan fingerprint density at radius 1 is 1.32 bits per heavy atom. The Hall–Kier alpha value is -2.43. The molecule has 0 aliphatic carbocycles. The molecule has 1 atom stereocenters. The number of amides is 3. The number of hydrazine groups is 1. The second-order valence-corrected chi connectivity index (χ2v) is 7.31. The van der Waals surface area contributed by atoms with Crippen molar-refractivity contribution < 1.29 is 24.0 Å². The summed E-state index contributed by atoms with van der Waals surface area (Å²) in [6, 6.07) is 6.45. The number of hydrogen-bond donors (Lipinski definition) is 4. The van der Waals surface area contributed by atoms with Crippen molar-refractivity contribution >= 4 is 29.3 Å². The molecule has 0 spiro atoms. The highest BCUT2D eigenvalue weighted by Crippen LogP contribution is 2.29. The van der Waals surface area contributed by atoms with E-state index in [1.807, 2.05) is 0 Å². The van der Waals surface area contributed by atoms with Crippen molar-refractivity contribution in [2.75, 3.05) is 46.5 Å². The molecule has 2 aliphatic rings. The molecule has 0 aromatic heterocycles. The maximum atomic E-state index is 12.9. The number of thiocarbonyl (C=S) groups is 1. The third kappa shape index (κ3) is 4.34. The molecule has 0 saturated carbocycles. The van der Waals surface area contributed by atoms with E-state index in [1.54, 1.807) is 38.3 Å². The highest BCUT2D eigenvalue weighted by molar-refractivity contribution is 7.80. The lowest BCUT2D eigenvalue weighted by atomic mass is 9.92. The molecule has 28 heavy (non-hydrogen) atoms. The number of urea groups is 1. The van der Waals surface area contributed by atoms with Crippen LogP contribution < -0.4 is 25.7 Å². The molecule has 2 aliphatic heterocycles. The van der Waals surface area contributed by atoms with E-state index >= 15 is 0 Å². The molecule has 1 aromatic rings. The quantitative estimate of drug-likeness (QED) is 0.345. The normalized spacial score (nSPS) is 22.7. The van der Waals surface area contributed by atoms with Crippen LogP contribution in [0.5, 0.6) is 5.75 Å². The molecule has 4 N–H and O–H groups in total. The van der Waals surface area contributed by atoms with Gasteiger partial charge in [0.05, 0.1) is 33.4 Å². The Labute approximate surface area is 169 Å². The second kappa shape index (κ2) is 8.72. The van der Waals surface area contributed by atoms with Gasteiger partial charge in [-0.05, 0) is 36.8 Å². The summed E-state index contributed by atoms with van der Waals surface area (Å²) in [5, 5.41) is 6.92. The Morgan fingerprint density at radius 3 is 2.64 bits per heavy atom. The van der Waals surface area contributed by atoms with E-state index in [9.17, 15) is 9.59 Å². The van der Waals surface area contributed by atoms with Crippen molar-refractivity contribution in [1.29, 1.82) is 0 Å². The largest absolute Gasteiger partial charge is 0.497 e. The lowest BCUT2D eigenvalue weighted by molar-refractivity contribution is -0.906. The minimum absolute atomic E-state index is 0.232. The van der Waals surface area contributed by atoms with Crippen molar-refractivity contribution in [2.24, 2.45) is 0 Å². The summed E-state index contributed by atoms with van der Waals surface area (Å²) in [4.78, 5) is 26.7. The van der Waals surface area contributed by atoms with Gasteiger partial charge in [0.2, 0.25) is 0 Å². The van der Waals surface area contributed by atoms with Gasteiger partial charge < -0.3 is 25.0 Å². The number of methoxy groups -OCH3 is 1. The van der Waals surface area contributed by atoms with Crippen molar-refractivity contribution in [3.05, 3.63) is 29.8 Å². The number of carbonyl (C=O) groups excluding carboxylic acids is 2. The molecule has 3 rings (SSSR count). The number of imide groups is 1. The zero-order chi connectivity index (χ0) is 20.1. The first-order chi connectivity index (χ1) is 13.4. The molecule has 152 valence electrons. The molecule has 0 bridgehead atoms. The standard InChI is InChI=1S/C18H25N5O4S/c1-18(13-3-5-14(26-2)6-4-13)15(24)23(17(25)20-18)21-16(28)19-7-8-22-9-11-27-12-10-22/h3-6H,7-12H2,1-2H3,(H,20,25)(H2,19,21,28)/p+1/t18-/m0/s1. The highest BCUT2D eigenvalue weighted by Gasteiger charge is 2.49. The topological polar surface area (TPSA) is 96.4 Å². The molecule has 0 radical (unpaired) electrons. The summed E-state index contributed by atoms with van der Waals surface area (Å²) >= 11 is 5.24. The molecule has 2 fully saturated rings. The van der Waals surface area contributed by atoms with Gasteiger partial charge >= 0.3 is 6.03 Å². The van der Waals surface area contributed by atoms with Gasteiger partial charge in [-0.15, -0.1) is 0 Å². The summed E-state index contributed by atoms with van der Waals surface area (Å²) in [5.74, 6) is 0.248. The average molecular weight is 409 g/mol.